The molecule has 0 aromatic heterocycles. The van der Waals surface area contributed by atoms with E-state index in [4.69, 9.17) is 0 Å². The fourth-order valence-electron chi connectivity index (χ4n) is 4.52. The molecule has 1 aromatic carbocycles. The average Bonchev–Trinajstić information content (AvgIpc) is 2.64. The first-order valence-electron chi connectivity index (χ1n) is 10.3. The second-order valence-corrected chi connectivity index (χ2v) is 9.33. The monoisotopic (exact) mass is 410 g/mol. The lowest BCUT2D eigenvalue weighted by Crippen LogP contribution is -2.59. The van der Waals surface area contributed by atoms with Gasteiger partial charge < -0.3 is 10.2 Å². The second kappa shape index (κ2) is 8.00. The molecule has 0 radical (unpaired) electrons. The Morgan fingerprint density at radius 3 is 2.14 bits per heavy atom. The molecule has 2 amide bonds. The summed E-state index contributed by atoms with van der Waals surface area (Å²) in [6.07, 6.45) is 0.501. The first kappa shape index (κ1) is 21.7. The number of benzene rings is 1. The third-order valence-electron chi connectivity index (χ3n) is 5.92. The third-order valence-corrected chi connectivity index (χ3v) is 5.92. The summed E-state index contributed by atoms with van der Waals surface area (Å²) in [5.41, 5.74) is -1.04. The fourth-order valence-corrected chi connectivity index (χ4v) is 4.52. The Labute approximate surface area is 169 Å². The van der Waals surface area contributed by atoms with Gasteiger partial charge in [0.15, 0.2) is 0 Å². The van der Waals surface area contributed by atoms with E-state index in [1.54, 1.807) is 4.90 Å². The van der Waals surface area contributed by atoms with E-state index >= 15 is 0 Å². The zero-order chi connectivity index (χ0) is 21.4. The van der Waals surface area contributed by atoms with Crippen LogP contribution in [0.2, 0.25) is 0 Å². The van der Waals surface area contributed by atoms with Gasteiger partial charge >= 0.3 is 6.18 Å². The molecule has 29 heavy (non-hydrogen) atoms. The first-order chi connectivity index (χ1) is 13.5. The predicted octanol–water partition coefficient (Wildman–Crippen LogP) is 4.64. The maximum Gasteiger partial charge on any atom is 0.416 e. The lowest BCUT2D eigenvalue weighted by molar-refractivity contribution is -0.137. The van der Waals surface area contributed by atoms with Crippen LogP contribution in [0.3, 0.4) is 0 Å². The quantitative estimate of drug-likeness (QED) is 0.772. The Kier molecular flexibility index (Phi) is 5.97. The number of carbonyl (C=O) groups is 2. The van der Waals surface area contributed by atoms with Gasteiger partial charge in [-0.05, 0) is 69.7 Å². The van der Waals surface area contributed by atoms with Crippen molar-refractivity contribution >= 4 is 11.8 Å². The number of hydrogen-bond acceptors (Lipinski definition) is 2. The van der Waals surface area contributed by atoms with Crippen LogP contribution in [0.1, 0.15) is 68.8 Å². The highest BCUT2D eigenvalue weighted by Crippen LogP contribution is 2.39. The van der Waals surface area contributed by atoms with Gasteiger partial charge in [-0.25, -0.2) is 0 Å². The Balaban J connectivity index is 1.85. The van der Waals surface area contributed by atoms with Crippen LogP contribution in [0.4, 0.5) is 13.2 Å². The number of halogens is 3. The van der Waals surface area contributed by atoms with Crippen LogP contribution in [-0.2, 0) is 11.0 Å². The molecule has 7 heteroatoms. The summed E-state index contributed by atoms with van der Waals surface area (Å²) in [5, 5.41) is 2.97. The maximum absolute atomic E-state index is 13.2. The van der Waals surface area contributed by atoms with Crippen LogP contribution in [0.5, 0.6) is 0 Å². The lowest BCUT2D eigenvalue weighted by atomic mass is 9.72. The molecule has 1 aliphatic carbocycles. The minimum atomic E-state index is -4.45. The van der Waals surface area contributed by atoms with Gasteiger partial charge in [0.05, 0.1) is 5.56 Å². The molecule has 3 atom stereocenters. The van der Waals surface area contributed by atoms with Crippen LogP contribution < -0.4 is 5.32 Å². The molecule has 1 N–H and O–H groups in total. The molecular formula is C22H29F3N2O2. The molecule has 4 nitrogen and oxygen atoms in total. The van der Waals surface area contributed by atoms with Crippen molar-refractivity contribution in [3.8, 4) is 0 Å². The summed E-state index contributed by atoms with van der Waals surface area (Å²) in [6.45, 7) is 6.14. The van der Waals surface area contributed by atoms with Crippen molar-refractivity contribution in [1.82, 2.24) is 10.2 Å². The zero-order valence-electron chi connectivity index (χ0n) is 17.2. The van der Waals surface area contributed by atoms with E-state index in [0.29, 0.717) is 24.8 Å². The minimum Gasteiger partial charge on any atom is -0.350 e. The highest BCUT2D eigenvalue weighted by molar-refractivity contribution is 5.98. The van der Waals surface area contributed by atoms with Crippen LogP contribution in [0.15, 0.2) is 24.3 Å². The van der Waals surface area contributed by atoms with Gasteiger partial charge in [-0.15, -0.1) is 0 Å². The van der Waals surface area contributed by atoms with Crippen molar-refractivity contribution in [2.24, 2.45) is 11.8 Å². The van der Waals surface area contributed by atoms with E-state index in [0.717, 1.165) is 37.8 Å². The van der Waals surface area contributed by atoms with Gasteiger partial charge in [0, 0.05) is 17.6 Å². The largest absolute Gasteiger partial charge is 0.416 e. The lowest BCUT2D eigenvalue weighted by Gasteiger charge is -2.46. The van der Waals surface area contributed by atoms with Crippen molar-refractivity contribution in [1.29, 1.82) is 0 Å². The summed E-state index contributed by atoms with van der Waals surface area (Å²) < 4.78 is 38.5. The molecule has 160 valence electrons. The zero-order valence-corrected chi connectivity index (χ0v) is 17.2. The highest BCUT2D eigenvalue weighted by atomic mass is 19.4. The molecule has 1 aliphatic heterocycles. The molecular weight excluding hydrogens is 381 g/mol. The highest BCUT2D eigenvalue weighted by Gasteiger charge is 2.42. The van der Waals surface area contributed by atoms with Crippen molar-refractivity contribution in [2.45, 2.75) is 70.6 Å². The molecule has 1 heterocycles. The predicted molar refractivity (Wildman–Crippen MR) is 104 cm³/mol. The number of hydrogen-bond donors (Lipinski definition) is 1. The number of fused-ring (bicyclic) bond motifs is 1. The topological polar surface area (TPSA) is 49.4 Å². The smallest absolute Gasteiger partial charge is 0.350 e. The number of piperidine rings is 1. The van der Waals surface area contributed by atoms with E-state index in [1.807, 2.05) is 20.8 Å². The summed E-state index contributed by atoms with van der Waals surface area (Å²) in [5.74, 6) is 0.190. The normalized spacial score (nSPS) is 25.3. The van der Waals surface area contributed by atoms with Crippen LogP contribution >= 0.6 is 0 Å². The van der Waals surface area contributed by atoms with Crippen molar-refractivity contribution in [2.75, 3.05) is 6.54 Å². The van der Waals surface area contributed by atoms with Crippen molar-refractivity contribution < 1.29 is 22.8 Å². The molecule has 3 rings (SSSR count). The number of amides is 2. The van der Waals surface area contributed by atoms with Gasteiger partial charge in [0.2, 0.25) is 5.91 Å². The van der Waals surface area contributed by atoms with Crippen molar-refractivity contribution in [3.05, 3.63) is 35.4 Å². The Morgan fingerprint density at radius 2 is 1.59 bits per heavy atom. The standard InChI is InChI=1S/C22H29F3N2O2/c1-21(2,3)26-19(28)18-12-15-6-4-5-7-16(15)13-27(18)20(29)14-8-10-17(11-9-14)22(23,24)25/h8-11,15-16,18H,4-7,12-13H2,1-3H3,(H,26,28)/t15-,16+,18-/m1/s1. The number of nitrogens with one attached hydrogen (secondary N) is 1. The molecule has 0 spiro atoms. The average molecular weight is 410 g/mol. The molecule has 0 unspecified atom stereocenters. The van der Waals surface area contributed by atoms with E-state index in [9.17, 15) is 22.8 Å². The molecule has 2 aliphatic rings. The first-order valence-corrected chi connectivity index (χ1v) is 10.3. The van der Waals surface area contributed by atoms with E-state index in [1.165, 1.54) is 12.1 Å². The molecule has 1 saturated carbocycles. The number of carbonyl (C=O) groups excluding carboxylic acids is 2. The minimum absolute atomic E-state index is 0.181. The number of nitrogens with zero attached hydrogens (tertiary/aromatic N) is 1. The second-order valence-electron chi connectivity index (χ2n) is 9.33. The van der Waals surface area contributed by atoms with Gasteiger partial charge in [-0.2, -0.15) is 13.2 Å². The van der Waals surface area contributed by atoms with E-state index < -0.39 is 23.3 Å². The van der Waals surface area contributed by atoms with Crippen LogP contribution in [0.25, 0.3) is 0 Å². The van der Waals surface area contributed by atoms with E-state index in [-0.39, 0.29) is 17.4 Å². The summed E-state index contributed by atoms with van der Waals surface area (Å²) in [7, 11) is 0. The number of likely N-dealkylation sites (tertiary alicyclic amines) is 1. The SMILES string of the molecule is CC(C)(C)NC(=O)[C@H]1C[C@H]2CCCC[C@H]2CN1C(=O)c1ccc(C(F)(F)F)cc1. The van der Waals surface area contributed by atoms with Gasteiger partial charge in [-0.1, -0.05) is 19.3 Å². The maximum atomic E-state index is 13.2. The molecule has 1 saturated heterocycles. The van der Waals surface area contributed by atoms with Crippen LogP contribution in [-0.4, -0.2) is 34.8 Å². The number of alkyl halides is 3. The summed E-state index contributed by atoms with van der Waals surface area (Å²) in [4.78, 5) is 27.7. The van der Waals surface area contributed by atoms with Gasteiger partial charge in [-0.3, -0.25) is 9.59 Å². The third kappa shape index (κ3) is 5.11. The van der Waals surface area contributed by atoms with E-state index in [2.05, 4.69) is 5.32 Å². The Hall–Kier alpha value is -2.05. The fraction of sp³-hybridized carbons (Fsp3) is 0.636. The molecule has 1 aromatic rings. The summed E-state index contributed by atoms with van der Waals surface area (Å²) >= 11 is 0. The van der Waals surface area contributed by atoms with Gasteiger partial charge in [0.1, 0.15) is 6.04 Å². The van der Waals surface area contributed by atoms with Crippen molar-refractivity contribution in [3.63, 3.8) is 0 Å². The molecule has 2 fully saturated rings. The number of rotatable bonds is 2. The van der Waals surface area contributed by atoms with Gasteiger partial charge in [0.25, 0.3) is 5.91 Å². The Morgan fingerprint density at radius 1 is 1.00 bits per heavy atom. The molecule has 0 bridgehead atoms. The van der Waals surface area contributed by atoms with Crippen LogP contribution in [0, 0.1) is 11.8 Å². The summed E-state index contributed by atoms with van der Waals surface area (Å²) in [6, 6.07) is 3.66. The Bertz CT molecular complexity index is 753.